The Bertz CT molecular complexity index is 716. The second-order valence-corrected chi connectivity index (χ2v) is 8.05. The third-order valence-electron chi connectivity index (χ3n) is 4.70. The molecule has 0 amide bonds. The van der Waals surface area contributed by atoms with E-state index in [0.717, 1.165) is 38.2 Å². The molecule has 1 saturated carbocycles. The molecule has 3 N–H and O–H groups in total. The van der Waals surface area contributed by atoms with Crippen molar-refractivity contribution in [3.63, 3.8) is 0 Å². The normalized spacial score (nSPS) is 19.6. The molecule has 6 heteroatoms. The first-order chi connectivity index (χ1) is 13.2. The summed E-state index contributed by atoms with van der Waals surface area (Å²) in [6.07, 6.45) is 3.61. The summed E-state index contributed by atoms with van der Waals surface area (Å²) in [5, 5.41) is 16.5. The highest BCUT2D eigenvalue weighted by Crippen LogP contribution is 2.27. The first-order valence-electron chi connectivity index (χ1n) is 9.77. The van der Waals surface area contributed by atoms with E-state index in [-0.39, 0.29) is 30.1 Å². The number of hydrogen-bond donors (Lipinski definition) is 3. The number of benzene rings is 2. The predicted molar refractivity (Wildman–Crippen MR) is 129 cm³/mol. The van der Waals surface area contributed by atoms with Crippen molar-refractivity contribution >= 4 is 41.7 Å². The lowest BCUT2D eigenvalue weighted by molar-refractivity contribution is 0.120. The summed E-state index contributed by atoms with van der Waals surface area (Å²) in [7, 11) is 0. The SMILES string of the molecule is CCNC(=NCc1ccc(Sc2ccccc2)cc1)NC1CCC(O)CC1.I. The largest absolute Gasteiger partial charge is 0.393 e. The van der Waals surface area contributed by atoms with E-state index in [1.807, 2.05) is 6.07 Å². The van der Waals surface area contributed by atoms with Crippen molar-refractivity contribution < 1.29 is 5.11 Å². The Hall–Kier alpha value is -1.25. The molecule has 0 aromatic heterocycles. The van der Waals surface area contributed by atoms with Gasteiger partial charge in [0, 0.05) is 22.4 Å². The molecule has 0 radical (unpaired) electrons. The average molecular weight is 511 g/mol. The van der Waals surface area contributed by atoms with E-state index in [1.165, 1.54) is 15.4 Å². The molecular weight excluding hydrogens is 481 g/mol. The molecule has 0 aliphatic heterocycles. The monoisotopic (exact) mass is 511 g/mol. The number of nitrogens with zero attached hydrogens (tertiary/aromatic N) is 1. The zero-order valence-corrected chi connectivity index (χ0v) is 19.5. The molecule has 2 aromatic rings. The number of rotatable bonds is 6. The van der Waals surface area contributed by atoms with Gasteiger partial charge in [-0.1, -0.05) is 42.1 Å². The molecule has 28 heavy (non-hydrogen) atoms. The number of aliphatic imine (C=N–C) groups is 1. The molecule has 1 aliphatic rings. The minimum Gasteiger partial charge on any atom is -0.393 e. The van der Waals surface area contributed by atoms with Crippen LogP contribution in [0.25, 0.3) is 0 Å². The van der Waals surface area contributed by atoms with Crippen LogP contribution in [0.3, 0.4) is 0 Å². The topological polar surface area (TPSA) is 56.7 Å². The second kappa shape index (κ2) is 12.3. The van der Waals surface area contributed by atoms with Gasteiger partial charge in [0.05, 0.1) is 12.6 Å². The van der Waals surface area contributed by atoms with Gasteiger partial charge in [-0.05, 0) is 62.4 Å². The number of nitrogens with one attached hydrogen (secondary N) is 2. The number of hydrogen-bond acceptors (Lipinski definition) is 3. The summed E-state index contributed by atoms with van der Waals surface area (Å²) in [4.78, 5) is 7.22. The fourth-order valence-corrected chi connectivity index (χ4v) is 4.03. The Morgan fingerprint density at radius 3 is 2.29 bits per heavy atom. The van der Waals surface area contributed by atoms with Crippen LogP contribution in [0.1, 0.15) is 38.2 Å². The second-order valence-electron chi connectivity index (χ2n) is 6.90. The lowest BCUT2D eigenvalue weighted by atomic mass is 9.93. The summed E-state index contributed by atoms with van der Waals surface area (Å²) < 4.78 is 0. The molecule has 152 valence electrons. The number of halogens is 1. The van der Waals surface area contributed by atoms with Crippen LogP contribution in [0.2, 0.25) is 0 Å². The van der Waals surface area contributed by atoms with Crippen molar-refractivity contribution in [2.45, 2.75) is 61.1 Å². The highest BCUT2D eigenvalue weighted by atomic mass is 127. The Kier molecular flexibility index (Phi) is 10.2. The number of aliphatic hydroxyl groups excluding tert-OH is 1. The Morgan fingerprint density at radius 1 is 1.00 bits per heavy atom. The standard InChI is InChI=1S/C22H29N3OS.HI/c1-2-23-22(25-18-10-12-19(26)13-11-18)24-16-17-8-14-21(15-9-17)27-20-6-4-3-5-7-20;/h3-9,14-15,18-19,26H,2,10-13,16H2,1H3,(H2,23,24,25);1H. The average Bonchev–Trinajstić information content (AvgIpc) is 2.70. The van der Waals surface area contributed by atoms with E-state index >= 15 is 0 Å². The van der Waals surface area contributed by atoms with Gasteiger partial charge >= 0.3 is 0 Å². The molecule has 0 unspecified atom stereocenters. The fraction of sp³-hybridized carbons (Fsp3) is 0.409. The quantitative estimate of drug-likeness (QED) is 0.296. The first kappa shape index (κ1) is 23.0. The van der Waals surface area contributed by atoms with E-state index in [2.05, 4.69) is 66.1 Å². The van der Waals surface area contributed by atoms with Gasteiger partial charge in [-0.15, -0.1) is 24.0 Å². The smallest absolute Gasteiger partial charge is 0.191 e. The zero-order valence-electron chi connectivity index (χ0n) is 16.3. The number of guanidine groups is 1. The summed E-state index contributed by atoms with van der Waals surface area (Å²) in [6.45, 7) is 3.58. The molecule has 1 aliphatic carbocycles. The lowest BCUT2D eigenvalue weighted by Gasteiger charge is -2.27. The van der Waals surface area contributed by atoms with Crippen molar-refractivity contribution in [2.75, 3.05) is 6.54 Å². The first-order valence-corrected chi connectivity index (χ1v) is 10.6. The molecule has 0 saturated heterocycles. The van der Waals surface area contributed by atoms with Gasteiger partial charge in [-0.3, -0.25) is 0 Å². The van der Waals surface area contributed by atoms with Crippen LogP contribution in [0, 0.1) is 0 Å². The Balaban J connectivity index is 0.00000280. The summed E-state index contributed by atoms with van der Waals surface area (Å²) in [5.41, 5.74) is 1.20. The third kappa shape index (κ3) is 7.64. The maximum Gasteiger partial charge on any atom is 0.191 e. The molecule has 0 spiro atoms. The lowest BCUT2D eigenvalue weighted by Crippen LogP contribution is -2.45. The van der Waals surface area contributed by atoms with Gasteiger partial charge in [-0.2, -0.15) is 0 Å². The Labute approximate surface area is 189 Å². The van der Waals surface area contributed by atoms with Gasteiger partial charge in [0.1, 0.15) is 0 Å². The van der Waals surface area contributed by atoms with Crippen molar-refractivity contribution in [3.05, 3.63) is 60.2 Å². The van der Waals surface area contributed by atoms with Crippen LogP contribution in [-0.4, -0.2) is 29.8 Å². The van der Waals surface area contributed by atoms with E-state index in [4.69, 9.17) is 4.99 Å². The van der Waals surface area contributed by atoms with Gasteiger partial charge in [0.2, 0.25) is 0 Å². The molecular formula is C22H30IN3OS. The van der Waals surface area contributed by atoms with Gasteiger partial charge in [-0.25, -0.2) is 4.99 Å². The Morgan fingerprint density at radius 2 is 1.64 bits per heavy atom. The molecule has 4 nitrogen and oxygen atoms in total. The maximum atomic E-state index is 9.66. The van der Waals surface area contributed by atoms with Gasteiger partial charge in [0.15, 0.2) is 5.96 Å². The van der Waals surface area contributed by atoms with E-state index in [0.29, 0.717) is 12.6 Å². The van der Waals surface area contributed by atoms with Crippen LogP contribution >= 0.6 is 35.7 Å². The molecule has 0 bridgehead atoms. The van der Waals surface area contributed by atoms with Crippen molar-refractivity contribution in [1.29, 1.82) is 0 Å². The van der Waals surface area contributed by atoms with Crippen LogP contribution in [0.15, 0.2) is 69.4 Å². The van der Waals surface area contributed by atoms with Crippen molar-refractivity contribution in [3.8, 4) is 0 Å². The van der Waals surface area contributed by atoms with Crippen LogP contribution in [-0.2, 0) is 6.54 Å². The zero-order chi connectivity index (χ0) is 18.9. The highest BCUT2D eigenvalue weighted by Gasteiger charge is 2.19. The van der Waals surface area contributed by atoms with Crippen LogP contribution in [0.4, 0.5) is 0 Å². The number of aliphatic hydroxyl groups is 1. The molecule has 0 heterocycles. The minimum atomic E-state index is -0.130. The third-order valence-corrected chi connectivity index (χ3v) is 5.72. The molecule has 2 aromatic carbocycles. The highest BCUT2D eigenvalue weighted by molar-refractivity contribution is 14.0. The fourth-order valence-electron chi connectivity index (χ4n) is 3.19. The summed E-state index contributed by atoms with van der Waals surface area (Å²) in [5.74, 6) is 0.863. The van der Waals surface area contributed by atoms with E-state index in [1.54, 1.807) is 11.8 Å². The minimum absolute atomic E-state index is 0. The van der Waals surface area contributed by atoms with E-state index in [9.17, 15) is 5.11 Å². The van der Waals surface area contributed by atoms with Crippen LogP contribution in [0.5, 0.6) is 0 Å². The van der Waals surface area contributed by atoms with Crippen molar-refractivity contribution in [2.24, 2.45) is 4.99 Å². The molecule has 3 rings (SSSR count). The summed E-state index contributed by atoms with van der Waals surface area (Å²) in [6, 6.07) is 19.4. The molecule has 1 fully saturated rings. The van der Waals surface area contributed by atoms with Crippen molar-refractivity contribution in [1.82, 2.24) is 10.6 Å². The molecule has 0 atom stereocenters. The predicted octanol–water partition coefficient (Wildman–Crippen LogP) is 4.81. The van der Waals surface area contributed by atoms with Crippen LogP contribution < -0.4 is 10.6 Å². The summed E-state index contributed by atoms with van der Waals surface area (Å²) >= 11 is 1.77. The maximum absolute atomic E-state index is 9.66. The van der Waals surface area contributed by atoms with E-state index < -0.39 is 0 Å². The van der Waals surface area contributed by atoms with Gasteiger partial charge < -0.3 is 15.7 Å². The van der Waals surface area contributed by atoms with Gasteiger partial charge in [0.25, 0.3) is 0 Å².